The number of hydrogen-bond acceptors (Lipinski definition) is 6. The number of aromatic nitrogens is 1. The summed E-state index contributed by atoms with van der Waals surface area (Å²) in [5.41, 5.74) is 1.24. The van der Waals surface area contributed by atoms with E-state index in [1.54, 1.807) is 60.8 Å². The second-order valence-corrected chi connectivity index (χ2v) is 8.30. The number of hydrogen-bond donors (Lipinski definition) is 1. The van der Waals surface area contributed by atoms with Gasteiger partial charge >= 0.3 is 0 Å². The molecule has 3 aromatic rings. The summed E-state index contributed by atoms with van der Waals surface area (Å²) in [6.45, 7) is 0.0485. The molecule has 0 aliphatic carbocycles. The molecule has 174 valence electrons. The summed E-state index contributed by atoms with van der Waals surface area (Å²) in [5, 5.41) is 11.9. The third-order valence-corrected chi connectivity index (χ3v) is 6.26. The van der Waals surface area contributed by atoms with Crippen LogP contribution in [0.5, 0.6) is 11.5 Å². The summed E-state index contributed by atoms with van der Waals surface area (Å²) >= 11 is 12.3. The minimum Gasteiger partial charge on any atom is -0.507 e. The average Bonchev–Trinajstić information content (AvgIpc) is 3.10. The molecule has 0 radical (unpaired) electrons. The molecule has 1 amide bonds. The Hall–Kier alpha value is -3.55. The molecule has 1 atom stereocenters. The maximum Gasteiger partial charge on any atom is 0.296 e. The van der Waals surface area contributed by atoms with Gasteiger partial charge in [-0.05, 0) is 42.0 Å². The normalized spacial score (nSPS) is 17.2. The number of ether oxygens (including phenoxy) is 2. The first-order valence-electron chi connectivity index (χ1n) is 10.2. The SMILES string of the molecule is COc1ccc(/C(O)=C2/C(=O)C(=O)N(Cc3ccccn3)C2c2ccc(Cl)c(Cl)c2)c(OC)c1. The Labute approximate surface area is 206 Å². The van der Waals surface area contributed by atoms with E-state index in [-0.39, 0.29) is 34.2 Å². The molecule has 1 aromatic heterocycles. The van der Waals surface area contributed by atoms with Crippen molar-refractivity contribution in [3.63, 3.8) is 0 Å². The second kappa shape index (κ2) is 9.75. The number of rotatable bonds is 6. The molecule has 1 unspecified atom stereocenters. The number of nitrogens with zero attached hydrogens (tertiary/aromatic N) is 2. The number of methoxy groups -OCH3 is 2. The van der Waals surface area contributed by atoms with Crippen molar-refractivity contribution in [3.05, 3.63) is 93.2 Å². The molecule has 7 nitrogen and oxygen atoms in total. The van der Waals surface area contributed by atoms with Crippen LogP contribution in [0.1, 0.15) is 22.9 Å². The summed E-state index contributed by atoms with van der Waals surface area (Å²) in [4.78, 5) is 32.0. The van der Waals surface area contributed by atoms with Crippen LogP contribution in [0.15, 0.2) is 66.4 Å². The highest BCUT2D eigenvalue weighted by atomic mass is 35.5. The minimum absolute atomic E-state index is 0.0485. The maximum absolute atomic E-state index is 13.2. The Morgan fingerprint density at radius 1 is 1.03 bits per heavy atom. The first-order chi connectivity index (χ1) is 16.3. The number of aliphatic hydroxyl groups excluding tert-OH is 1. The Morgan fingerprint density at radius 3 is 2.47 bits per heavy atom. The van der Waals surface area contributed by atoms with E-state index in [1.807, 2.05) is 0 Å². The van der Waals surface area contributed by atoms with Crippen molar-refractivity contribution in [2.45, 2.75) is 12.6 Å². The standard InChI is InChI=1S/C25H20Cl2N2O5/c1-33-16-7-8-17(20(12-16)34-2)23(30)21-22(14-6-9-18(26)19(27)11-14)29(25(32)24(21)31)13-15-5-3-4-10-28-15/h3-12,22,30H,13H2,1-2H3/b23-21-. The van der Waals surface area contributed by atoms with Gasteiger partial charge in [-0.3, -0.25) is 14.6 Å². The fraction of sp³-hybridized carbons (Fsp3) is 0.160. The molecule has 1 saturated heterocycles. The zero-order valence-corrected chi connectivity index (χ0v) is 19.8. The van der Waals surface area contributed by atoms with Gasteiger partial charge in [0.2, 0.25) is 0 Å². The van der Waals surface area contributed by atoms with Crippen LogP contribution in [-0.4, -0.2) is 40.9 Å². The predicted octanol–water partition coefficient (Wildman–Crippen LogP) is 5.03. The number of amides is 1. The molecule has 1 aliphatic rings. The topological polar surface area (TPSA) is 89.0 Å². The van der Waals surface area contributed by atoms with Crippen molar-refractivity contribution in [2.75, 3.05) is 14.2 Å². The van der Waals surface area contributed by atoms with Crippen LogP contribution in [0, 0.1) is 0 Å². The Morgan fingerprint density at radius 2 is 1.82 bits per heavy atom. The summed E-state index contributed by atoms with van der Waals surface area (Å²) in [7, 11) is 2.93. The molecule has 2 aromatic carbocycles. The van der Waals surface area contributed by atoms with Crippen LogP contribution >= 0.6 is 23.2 Å². The van der Waals surface area contributed by atoms with Crippen molar-refractivity contribution in [3.8, 4) is 11.5 Å². The molecule has 0 bridgehead atoms. The number of pyridine rings is 1. The Kier molecular flexibility index (Phi) is 6.77. The fourth-order valence-corrected chi connectivity index (χ4v) is 4.18. The molecule has 4 rings (SSSR count). The molecule has 0 saturated carbocycles. The lowest BCUT2D eigenvalue weighted by Crippen LogP contribution is -2.29. The van der Waals surface area contributed by atoms with Gasteiger partial charge < -0.3 is 19.5 Å². The highest BCUT2D eigenvalue weighted by molar-refractivity contribution is 6.46. The van der Waals surface area contributed by atoms with E-state index in [1.165, 1.54) is 19.1 Å². The second-order valence-electron chi connectivity index (χ2n) is 7.49. The summed E-state index contributed by atoms with van der Waals surface area (Å²) in [6, 6.07) is 13.9. The van der Waals surface area contributed by atoms with Crippen LogP contribution in [0.3, 0.4) is 0 Å². The lowest BCUT2D eigenvalue weighted by Gasteiger charge is -2.25. The van der Waals surface area contributed by atoms with Crippen molar-refractivity contribution >= 4 is 40.7 Å². The summed E-state index contributed by atoms with van der Waals surface area (Å²) < 4.78 is 10.6. The number of ketones is 1. The lowest BCUT2D eigenvalue weighted by atomic mass is 9.95. The molecular formula is C25H20Cl2N2O5. The molecule has 9 heteroatoms. The van der Waals surface area contributed by atoms with Crippen LogP contribution in [0.2, 0.25) is 10.0 Å². The molecular weight excluding hydrogens is 479 g/mol. The van der Waals surface area contributed by atoms with Gasteiger partial charge in [-0.1, -0.05) is 35.3 Å². The number of halogens is 2. The highest BCUT2D eigenvalue weighted by Gasteiger charge is 2.46. The molecule has 1 aliphatic heterocycles. The molecule has 34 heavy (non-hydrogen) atoms. The maximum atomic E-state index is 13.2. The number of Topliss-reactive ketones (excluding diaryl/α,β-unsaturated/α-hetero) is 1. The van der Waals surface area contributed by atoms with E-state index < -0.39 is 17.7 Å². The zero-order chi connectivity index (χ0) is 24.4. The number of benzene rings is 2. The first-order valence-corrected chi connectivity index (χ1v) is 11.0. The smallest absolute Gasteiger partial charge is 0.296 e. The largest absolute Gasteiger partial charge is 0.507 e. The van der Waals surface area contributed by atoms with E-state index in [0.717, 1.165) is 0 Å². The molecule has 1 N–H and O–H groups in total. The van der Waals surface area contributed by atoms with Crippen LogP contribution in [0.25, 0.3) is 5.76 Å². The van der Waals surface area contributed by atoms with Crippen LogP contribution in [-0.2, 0) is 16.1 Å². The van der Waals surface area contributed by atoms with Gasteiger partial charge in [-0.15, -0.1) is 0 Å². The average molecular weight is 499 g/mol. The molecule has 2 heterocycles. The van der Waals surface area contributed by atoms with Crippen molar-refractivity contribution in [1.82, 2.24) is 9.88 Å². The Bertz CT molecular complexity index is 1290. The van der Waals surface area contributed by atoms with Crippen LogP contribution < -0.4 is 9.47 Å². The number of carbonyl (C=O) groups is 2. The Balaban J connectivity index is 1.91. The van der Waals surface area contributed by atoms with Gasteiger partial charge in [-0.25, -0.2) is 0 Å². The van der Waals surface area contributed by atoms with Crippen molar-refractivity contribution in [2.24, 2.45) is 0 Å². The third-order valence-electron chi connectivity index (χ3n) is 5.52. The number of aliphatic hydroxyl groups is 1. The van der Waals surface area contributed by atoms with Gasteiger partial charge in [0.25, 0.3) is 11.7 Å². The third kappa shape index (κ3) is 4.32. The van der Waals surface area contributed by atoms with E-state index in [2.05, 4.69) is 4.98 Å². The first kappa shape index (κ1) is 23.6. The van der Waals surface area contributed by atoms with Gasteiger partial charge in [0, 0.05) is 12.3 Å². The lowest BCUT2D eigenvalue weighted by molar-refractivity contribution is -0.140. The van der Waals surface area contributed by atoms with E-state index >= 15 is 0 Å². The van der Waals surface area contributed by atoms with E-state index in [4.69, 9.17) is 32.7 Å². The van der Waals surface area contributed by atoms with Gasteiger partial charge in [0.1, 0.15) is 17.3 Å². The van der Waals surface area contributed by atoms with Gasteiger partial charge in [-0.2, -0.15) is 0 Å². The van der Waals surface area contributed by atoms with Gasteiger partial charge in [0.05, 0.1) is 53.7 Å². The fourth-order valence-electron chi connectivity index (χ4n) is 3.88. The summed E-state index contributed by atoms with van der Waals surface area (Å²) in [5.74, 6) is -1.19. The van der Waals surface area contributed by atoms with Crippen LogP contribution in [0.4, 0.5) is 0 Å². The van der Waals surface area contributed by atoms with E-state index in [0.29, 0.717) is 22.0 Å². The number of carbonyl (C=O) groups excluding carboxylic acids is 2. The van der Waals surface area contributed by atoms with Crippen molar-refractivity contribution < 1.29 is 24.2 Å². The molecule has 1 fully saturated rings. The zero-order valence-electron chi connectivity index (χ0n) is 18.3. The van der Waals surface area contributed by atoms with Gasteiger partial charge in [0.15, 0.2) is 0 Å². The monoisotopic (exact) mass is 498 g/mol. The quantitative estimate of drug-likeness (QED) is 0.291. The van der Waals surface area contributed by atoms with E-state index in [9.17, 15) is 14.7 Å². The highest BCUT2D eigenvalue weighted by Crippen LogP contribution is 2.43. The number of likely N-dealkylation sites (tertiary alicyclic amines) is 1. The predicted molar refractivity (Wildman–Crippen MR) is 128 cm³/mol. The summed E-state index contributed by atoms with van der Waals surface area (Å²) in [6.07, 6.45) is 1.60. The minimum atomic E-state index is -0.927. The van der Waals surface area contributed by atoms with Crippen molar-refractivity contribution in [1.29, 1.82) is 0 Å². The molecule has 0 spiro atoms.